The van der Waals surface area contributed by atoms with Crippen molar-refractivity contribution in [2.24, 2.45) is 11.8 Å². The van der Waals surface area contributed by atoms with Gasteiger partial charge in [0.25, 0.3) is 0 Å². The third-order valence-corrected chi connectivity index (χ3v) is 11.1. The van der Waals surface area contributed by atoms with Crippen molar-refractivity contribution in [3.8, 4) is 23.0 Å². The van der Waals surface area contributed by atoms with Crippen LogP contribution in [0.2, 0.25) is 0 Å². The number of aromatic hydroxyl groups is 3. The Bertz CT molecular complexity index is 1410. The normalized spacial score (nSPS) is 27.0. The first kappa shape index (κ1) is 31.7. The molecular formula is C36H50O6. The van der Waals surface area contributed by atoms with Crippen molar-refractivity contribution in [1.82, 2.24) is 0 Å². The Hall–Kier alpha value is -3.28. The highest BCUT2D eigenvalue weighted by Crippen LogP contribution is 2.56. The minimum absolute atomic E-state index is 0.00693. The fourth-order valence-electron chi connectivity index (χ4n) is 7.03. The van der Waals surface area contributed by atoms with Crippen molar-refractivity contribution in [3.05, 3.63) is 69.7 Å². The number of ether oxygens (including phenoxy) is 1. The molecule has 1 aliphatic carbocycles. The van der Waals surface area contributed by atoms with E-state index in [1.54, 1.807) is 6.07 Å². The second-order valence-corrected chi connectivity index (χ2v) is 13.6. The summed E-state index contributed by atoms with van der Waals surface area (Å²) in [6.45, 7) is 18.1. The Balaban J connectivity index is 1.81. The van der Waals surface area contributed by atoms with Gasteiger partial charge in [-0.05, 0) is 88.0 Å². The van der Waals surface area contributed by atoms with Crippen LogP contribution in [0.4, 0.5) is 0 Å². The molecule has 0 bridgehead atoms. The topological polar surface area (TPSA) is 110 Å². The van der Waals surface area contributed by atoms with E-state index in [-0.39, 0.29) is 46.0 Å². The van der Waals surface area contributed by atoms with Gasteiger partial charge in [0.15, 0.2) is 0 Å². The molecule has 230 valence electrons. The minimum atomic E-state index is -0.887. The van der Waals surface area contributed by atoms with Crippen molar-refractivity contribution >= 4 is 0 Å². The maximum absolute atomic E-state index is 11.5. The number of benzene rings is 2. The van der Waals surface area contributed by atoms with Crippen molar-refractivity contribution in [3.63, 3.8) is 0 Å². The fraction of sp³-hybridized carbons (Fsp3) is 0.556. The molecule has 0 spiro atoms. The van der Waals surface area contributed by atoms with Crippen molar-refractivity contribution in [1.29, 1.82) is 0 Å². The smallest absolute Gasteiger partial charge is 0.134 e. The summed E-state index contributed by atoms with van der Waals surface area (Å²) in [7, 11) is 0. The molecular weight excluding hydrogens is 528 g/mol. The molecule has 4 rings (SSSR count). The summed E-state index contributed by atoms with van der Waals surface area (Å²) in [6, 6.07) is 7.20. The van der Waals surface area contributed by atoms with Gasteiger partial charge in [-0.25, -0.2) is 0 Å². The van der Waals surface area contributed by atoms with Crippen molar-refractivity contribution in [2.45, 2.75) is 117 Å². The van der Waals surface area contributed by atoms with Gasteiger partial charge in [0, 0.05) is 51.7 Å². The summed E-state index contributed by atoms with van der Waals surface area (Å²) in [5, 5.41) is 53.6. The Morgan fingerprint density at radius 1 is 1.02 bits per heavy atom. The molecule has 1 heterocycles. The van der Waals surface area contributed by atoms with Gasteiger partial charge in [-0.3, -0.25) is 0 Å². The molecule has 5 N–H and O–H groups in total. The van der Waals surface area contributed by atoms with Crippen molar-refractivity contribution in [2.75, 3.05) is 0 Å². The van der Waals surface area contributed by atoms with Crippen LogP contribution < -0.4 is 4.74 Å². The highest BCUT2D eigenvalue weighted by atomic mass is 16.5. The van der Waals surface area contributed by atoms with Crippen LogP contribution in [0, 0.1) is 11.8 Å². The summed E-state index contributed by atoms with van der Waals surface area (Å²) in [5.41, 5.74) is 2.28. The molecule has 5 unspecified atom stereocenters. The number of phenolic OH excluding ortho intramolecular Hbond substituents is 3. The molecule has 1 fully saturated rings. The maximum Gasteiger partial charge on any atom is 0.134 e. The monoisotopic (exact) mass is 578 g/mol. The largest absolute Gasteiger partial charge is 0.512 e. The van der Waals surface area contributed by atoms with Crippen molar-refractivity contribution < 1.29 is 30.3 Å². The molecule has 0 radical (unpaired) electrons. The van der Waals surface area contributed by atoms with E-state index in [0.29, 0.717) is 30.1 Å². The first-order valence-electron chi connectivity index (χ1n) is 15.4. The summed E-state index contributed by atoms with van der Waals surface area (Å²) in [4.78, 5) is 0. The molecule has 0 amide bonds. The number of hydrogen-bond donors (Lipinski definition) is 5. The van der Waals surface area contributed by atoms with Gasteiger partial charge in [-0.15, -0.1) is 0 Å². The predicted molar refractivity (Wildman–Crippen MR) is 168 cm³/mol. The molecule has 2 aromatic carbocycles. The van der Waals surface area contributed by atoms with Gasteiger partial charge in [0.2, 0.25) is 0 Å². The third-order valence-electron chi connectivity index (χ3n) is 11.1. The van der Waals surface area contributed by atoms with Gasteiger partial charge in [0.05, 0.1) is 5.76 Å². The van der Waals surface area contributed by atoms with Crippen LogP contribution in [0.3, 0.4) is 0 Å². The van der Waals surface area contributed by atoms with E-state index >= 15 is 0 Å². The van der Waals surface area contributed by atoms with Gasteiger partial charge in [-0.1, -0.05) is 41.5 Å². The van der Waals surface area contributed by atoms with E-state index in [9.17, 15) is 25.5 Å². The van der Waals surface area contributed by atoms with Crippen LogP contribution in [0.1, 0.15) is 116 Å². The second-order valence-electron chi connectivity index (χ2n) is 13.6. The molecule has 1 aliphatic heterocycles. The van der Waals surface area contributed by atoms with E-state index in [0.717, 1.165) is 41.5 Å². The number of phenols is 3. The van der Waals surface area contributed by atoms with Crippen LogP contribution in [-0.2, 0) is 17.3 Å². The first-order chi connectivity index (χ1) is 19.5. The SMILES string of the molecule is CCC(C)(Cc1cc(C(C)C2CC2)c(O)cc1O)c1cc2c(cc1O)OC(C)(/C(C)=C(O)/C=C(\C)O)C(C)C2(C)CC. The third kappa shape index (κ3) is 5.33. The summed E-state index contributed by atoms with van der Waals surface area (Å²) in [6.07, 6.45) is 5.66. The second kappa shape index (κ2) is 11.1. The highest BCUT2D eigenvalue weighted by molar-refractivity contribution is 5.56. The highest BCUT2D eigenvalue weighted by Gasteiger charge is 2.52. The lowest BCUT2D eigenvalue weighted by atomic mass is 9.60. The van der Waals surface area contributed by atoms with E-state index in [1.807, 2.05) is 19.9 Å². The number of rotatable bonds is 9. The summed E-state index contributed by atoms with van der Waals surface area (Å²) >= 11 is 0. The lowest BCUT2D eigenvalue weighted by molar-refractivity contribution is 0.000186. The molecule has 2 aliphatic rings. The first-order valence-corrected chi connectivity index (χ1v) is 15.4. The Morgan fingerprint density at radius 2 is 1.67 bits per heavy atom. The Kier molecular flexibility index (Phi) is 8.36. The van der Waals surface area contributed by atoms with Crippen LogP contribution >= 0.6 is 0 Å². The number of allylic oxidation sites excluding steroid dienone is 2. The van der Waals surface area contributed by atoms with E-state index in [1.165, 1.54) is 19.1 Å². The van der Waals surface area contributed by atoms with Gasteiger partial charge >= 0.3 is 0 Å². The van der Waals surface area contributed by atoms with E-state index in [4.69, 9.17) is 4.74 Å². The van der Waals surface area contributed by atoms with Crippen LogP contribution in [0.25, 0.3) is 0 Å². The number of fused-ring (bicyclic) bond motifs is 1. The number of aliphatic hydroxyl groups excluding tert-OH is 2. The average Bonchev–Trinajstić information content (AvgIpc) is 3.77. The molecule has 1 saturated carbocycles. The van der Waals surface area contributed by atoms with Gasteiger partial charge in [-0.2, -0.15) is 0 Å². The molecule has 6 heteroatoms. The lowest BCUT2D eigenvalue weighted by Gasteiger charge is -2.52. The predicted octanol–water partition coefficient (Wildman–Crippen LogP) is 8.98. The Labute approximate surface area is 251 Å². The molecule has 42 heavy (non-hydrogen) atoms. The standard InChI is InChI=1S/C36H50O6/c1-10-34(7,19-25-15-26(21(4)24-12-13-24)31(40)17-30(25)39)27-16-28-33(18-32(27)41)42-36(9,23(6)35(28,8)11-2)22(5)29(38)14-20(3)37/h14-18,21,23-24,37-41H,10-13,19H2,1-9H3/b20-14+,29-22-. The molecule has 2 aromatic rings. The quantitative estimate of drug-likeness (QED) is 0.150. The zero-order chi connectivity index (χ0) is 31.4. The lowest BCUT2D eigenvalue weighted by Crippen LogP contribution is -2.54. The van der Waals surface area contributed by atoms with E-state index < -0.39 is 11.0 Å². The minimum Gasteiger partial charge on any atom is -0.512 e. The van der Waals surface area contributed by atoms with Gasteiger partial charge in [0.1, 0.15) is 34.4 Å². The molecule has 0 saturated heterocycles. The van der Waals surface area contributed by atoms with E-state index in [2.05, 4.69) is 47.6 Å². The summed E-state index contributed by atoms with van der Waals surface area (Å²) < 4.78 is 6.64. The fourth-order valence-corrected chi connectivity index (χ4v) is 7.03. The number of hydrogen-bond acceptors (Lipinski definition) is 6. The molecule has 0 aromatic heterocycles. The maximum atomic E-state index is 11.5. The Morgan fingerprint density at radius 3 is 2.21 bits per heavy atom. The average molecular weight is 579 g/mol. The van der Waals surface area contributed by atoms with Crippen LogP contribution in [-0.4, -0.2) is 31.1 Å². The zero-order valence-corrected chi connectivity index (χ0v) is 26.8. The number of aliphatic hydroxyl groups is 2. The summed E-state index contributed by atoms with van der Waals surface area (Å²) in [5.74, 6) is 1.60. The zero-order valence-electron chi connectivity index (χ0n) is 26.8. The van der Waals surface area contributed by atoms with Crippen LogP contribution in [0.5, 0.6) is 23.0 Å². The van der Waals surface area contributed by atoms with Crippen LogP contribution in [0.15, 0.2) is 47.4 Å². The van der Waals surface area contributed by atoms with Gasteiger partial charge < -0.3 is 30.3 Å². The molecule has 6 nitrogen and oxygen atoms in total. The molecule has 5 atom stereocenters.